The van der Waals surface area contributed by atoms with Crippen molar-refractivity contribution in [1.82, 2.24) is 19.5 Å². The molecule has 1 aliphatic heterocycles. The monoisotopic (exact) mass is 418 g/mol. The number of benzene rings is 1. The maximum absolute atomic E-state index is 12.5. The lowest BCUT2D eigenvalue weighted by atomic mass is 10.1. The van der Waals surface area contributed by atoms with Crippen LogP contribution in [0, 0.1) is 0 Å². The van der Waals surface area contributed by atoms with E-state index < -0.39 is 0 Å². The van der Waals surface area contributed by atoms with Gasteiger partial charge in [0.2, 0.25) is 10.9 Å². The van der Waals surface area contributed by atoms with Gasteiger partial charge < -0.3 is 14.4 Å². The average molecular weight is 419 g/mol. The predicted octanol–water partition coefficient (Wildman–Crippen LogP) is 3.58. The maximum Gasteiger partial charge on any atom is 0.233 e. The first-order valence-corrected chi connectivity index (χ1v) is 11.0. The standard InChI is InChI=1S/C19H22N4O3S2/c1-25-13-6-7-16(26-2)14(10-13)15-11-27-18-20-21-19(23(15)18)28-12-17(24)22-8-4-3-5-9-22/h6-7,10-11H,3-5,8-9,12H2,1-2H3. The van der Waals surface area contributed by atoms with Gasteiger partial charge in [-0.1, -0.05) is 11.8 Å². The molecule has 0 radical (unpaired) electrons. The van der Waals surface area contributed by atoms with Gasteiger partial charge in [-0.05, 0) is 37.5 Å². The smallest absolute Gasteiger partial charge is 0.233 e. The molecule has 28 heavy (non-hydrogen) atoms. The van der Waals surface area contributed by atoms with Crippen LogP contribution in [0.15, 0.2) is 28.7 Å². The number of carbonyl (C=O) groups excluding carboxylic acids is 1. The lowest BCUT2D eigenvalue weighted by Crippen LogP contribution is -2.36. The second kappa shape index (κ2) is 8.40. The van der Waals surface area contributed by atoms with Gasteiger partial charge in [0.05, 0.1) is 25.7 Å². The molecular weight excluding hydrogens is 396 g/mol. The Hall–Kier alpha value is -2.26. The summed E-state index contributed by atoms with van der Waals surface area (Å²) in [7, 11) is 3.29. The molecule has 1 amide bonds. The first-order chi connectivity index (χ1) is 13.7. The van der Waals surface area contributed by atoms with E-state index in [9.17, 15) is 4.79 Å². The molecule has 4 rings (SSSR count). The van der Waals surface area contributed by atoms with Gasteiger partial charge in [0.1, 0.15) is 11.5 Å². The minimum absolute atomic E-state index is 0.164. The molecule has 0 spiro atoms. The van der Waals surface area contributed by atoms with E-state index in [2.05, 4.69) is 10.2 Å². The number of methoxy groups -OCH3 is 2. The first-order valence-electron chi connectivity index (χ1n) is 9.17. The van der Waals surface area contributed by atoms with E-state index in [0.717, 1.165) is 53.6 Å². The molecule has 1 saturated heterocycles. The van der Waals surface area contributed by atoms with Gasteiger partial charge in [-0.3, -0.25) is 9.20 Å². The molecule has 3 heterocycles. The zero-order chi connectivity index (χ0) is 19.5. The second-order valence-electron chi connectivity index (χ2n) is 6.52. The molecule has 0 aliphatic carbocycles. The van der Waals surface area contributed by atoms with Crippen molar-refractivity contribution >= 4 is 34.0 Å². The molecule has 2 aromatic heterocycles. The van der Waals surface area contributed by atoms with Crippen LogP contribution >= 0.6 is 23.1 Å². The van der Waals surface area contributed by atoms with Crippen molar-refractivity contribution < 1.29 is 14.3 Å². The molecule has 1 fully saturated rings. The number of aromatic nitrogens is 3. The lowest BCUT2D eigenvalue weighted by Gasteiger charge is -2.26. The van der Waals surface area contributed by atoms with E-state index in [1.54, 1.807) is 14.2 Å². The van der Waals surface area contributed by atoms with Crippen molar-refractivity contribution in [2.45, 2.75) is 24.4 Å². The van der Waals surface area contributed by atoms with Crippen molar-refractivity contribution in [2.24, 2.45) is 0 Å². The number of thiazole rings is 1. The summed E-state index contributed by atoms with van der Waals surface area (Å²) >= 11 is 2.94. The first kappa shape index (κ1) is 19.1. The highest BCUT2D eigenvalue weighted by molar-refractivity contribution is 7.99. The molecule has 0 atom stereocenters. The summed E-state index contributed by atoms with van der Waals surface area (Å²) in [6, 6.07) is 5.69. The fourth-order valence-electron chi connectivity index (χ4n) is 3.35. The highest BCUT2D eigenvalue weighted by Gasteiger charge is 2.20. The fraction of sp³-hybridized carbons (Fsp3) is 0.421. The van der Waals surface area contributed by atoms with Crippen molar-refractivity contribution in [3.8, 4) is 22.8 Å². The van der Waals surface area contributed by atoms with Gasteiger partial charge in [0.25, 0.3) is 0 Å². The Balaban J connectivity index is 1.62. The number of thioether (sulfide) groups is 1. The molecular formula is C19H22N4O3S2. The Morgan fingerprint density at radius 1 is 1.18 bits per heavy atom. The van der Waals surface area contributed by atoms with E-state index in [0.29, 0.717) is 10.9 Å². The predicted molar refractivity (Wildman–Crippen MR) is 111 cm³/mol. The molecule has 0 N–H and O–H groups in total. The van der Waals surface area contributed by atoms with Gasteiger partial charge >= 0.3 is 0 Å². The molecule has 1 aromatic carbocycles. The molecule has 7 nitrogen and oxygen atoms in total. The van der Waals surface area contributed by atoms with Crippen LogP contribution in [0.1, 0.15) is 19.3 Å². The van der Waals surface area contributed by atoms with Crippen LogP contribution < -0.4 is 9.47 Å². The Kier molecular flexibility index (Phi) is 5.72. The summed E-state index contributed by atoms with van der Waals surface area (Å²) in [5.74, 6) is 2.02. The van der Waals surface area contributed by atoms with Crippen molar-refractivity contribution in [3.63, 3.8) is 0 Å². The zero-order valence-electron chi connectivity index (χ0n) is 15.9. The van der Waals surface area contributed by atoms with Crippen molar-refractivity contribution in [3.05, 3.63) is 23.6 Å². The number of rotatable bonds is 6. The molecule has 0 saturated carbocycles. The van der Waals surface area contributed by atoms with Crippen LogP contribution in [0.2, 0.25) is 0 Å². The topological polar surface area (TPSA) is 69.0 Å². The Bertz CT molecular complexity index is 979. The molecule has 3 aromatic rings. The van der Waals surface area contributed by atoms with Crippen LogP contribution in [0.5, 0.6) is 11.5 Å². The molecule has 9 heteroatoms. The van der Waals surface area contributed by atoms with Crippen LogP contribution in [0.25, 0.3) is 16.2 Å². The SMILES string of the molecule is COc1ccc(OC)c(-c2csc3nnc(SCC(=O)N4CCCCC4)n23)c1. The number of amides is 1. The number of hydrogen-bond acceptors (Lipinski definition) is 7. The molecule has 0 bridgehead atoms. The van der Waals surface area contributed by atoms with Gasteiger partial charge in [0, 0.05) is 24.0 Å². The summed E-state index contributed by atoms with van der Waals surface area (Å²) < 4.78 is 12.9. The average Bonchev–Trinajstić information content (AvgIpc) is 3.34. The number of likely N-dealkylation sites (tertiary alicyclic amines) is 1. The molecule has 0 unspecified atom stereocenters. The van der Waals surface area contributed by atoms with Crippen LogP contribution in [-0.4, -0.2) is 58.5 Å². The van der Waals surface area contributed by atoms with Crippen LogP contribution in [0.4, 0.5) is 0 Å². The van der Waals surface area contributed by atoms with Gasteiger partial charge in [-0.25, -0.2) is 0 Å². The third-order valence-electron chi connectivity index (χ3n) is 4.84. The summed E-state index contributed by atoms with van der Waals surface area (Å²) in [5.41, 5.74) is 1.82. The van der Waals surface area contributed by atoms with E-state index in [-0.39, 0.29) is 5.91 Å². The maximum atomic E-state index is 12.5. The third kappa shape index (κ3) is 3.68. The number of nitrogens with zero attached hydrogens (tertiary/aromatic N) is 4. The van der Waals surface area contributed by atoms with Gasteiger partial charge in [0.15, 0.2) is 5.16 Å². The van der Waals surface area contributed by atoms with Crippen LogP contribution in [0.3, 0.4) is 0 Å². The fourth-order valence-corrected chi connectivity index (χ4v) is 5.09. The Labute approximate surface area is 171 Å². The molecule has 148 valence electrons. The summed E-state index contributed by atoms with van der Waals surface area (Å²) in [4.78, 5) is 15.3. The zero-order valence-corrected chi connectivity index (χ0v) is 17.5. The largest absolute Gasteiger partial charge is 0.497 e. The normalized spacial score (nSPS) is 14.4. The Morgan fingerprint density at radius 3 is 2.75 bits per heavy atom. The number of ether oxygens (including phenoxy) is 2. The summed E-state index contributed by atoms with van der Waals surface area (Å²) in [5, 5.41) is 11.3. The number of piperidine rings is 1. The Morgan fingerprint density at radius 2 is 2.00 bits per heavy atom. The van der Waals surface area contributed by atoms with Crippen LogP contribution in [-0.2, 0) is 4.79 Å². The minimum Gasteiger partial charge on any atom is -0.497 e. The second-order valence-corrected chi connectivity index (χ2v) is 8.30. The minimum atomic E-state index is 0.164. The van der Waals surface area contributed by atoms with E-state index in [4.69, 9.17) is 9.47 Å². The number of fused-ring (bicyclic) bond motifs is 1. The molecule has 1 aliphatic rings. The van der Waals surface area contributed by atoms with E-state index in [1.165, 1.54) is 29.5 Å². The highest BCUT2D eigenvalue weighted by Crippen LogP contribution is 2.37. The third-order valence-corrected chi connectivity index (χ3v) is 6.57. The highest BCUT2D eigenvalue weighted by atomic mass is 32.2. The van der Waals surface area contributed by atoms with Gasteiger partial charge in [-0.2, -0.15) is 0 Å². The number of hydrogen-bond donors (Lipinski definition) is 0. The summed E-state index contributed by atoms with van der Waals surface area (Å²) in [6.45, 7) is 1.72. The van der Waals surface area contributed by atoms with Crippen molar-refractivity contribution in [2.75, 3.05) is 33.1 Å². The lowest BCUT2D eigenvalue weighted by molar-refractivity contribution is -0.129. The van der Waals surface area contributed by atoms with E-state index >= 15 is 0 Å². The summed E-state index contributed by atoms with van der Waals surface area (Å²) in [6.07, 6.45) is 3.40. The van der Waals surface area contributed by atoms with Crippen molar-refractivity contribution in [1.29, 1.82) is 0 Å². The van der Waals surface area contributed by atoms with E-state index in [1.807, 2.05) is 32.9 Å². The van der Waals surface area contributed by atoms with Gasteiger partial charge in [-0.15, -0.1) is 21.5 Å². The number of carbonyl (C=O) groups is 1. The quantitative estimate of drug-likeness (QED) is 0.570.